The molecule has 0 saturated carbocycles. The van der Waals surface area contributed by atoms with Gasteiger partial charge in [0.15, 0.2) is 22.9 Å². The number of furan rings is 1. The Balaban J connectivity index is 1.43. The third-order valence-electron chi connectivity index (χ3n) is 6.42. The highest BCUT2D eigenvalue weighted by atomic mass is 16.7. The van der Waals surface area contributed by atoms with E-state index in [9.17, 15) is 4.79 Å². The Morgan fingerprint density at radius 3 is 2.94 bits per heavy atom. The molecular weight excluding hydrogens is 462 g/mol. The zero-order chi connectivity index (χ0) is 24.6. The monoisotopic (exact) mass is 487 g/mol. The summed E-state index contributed by atoms with van der Waals surface area (Å²) in [4.78, 5) is 23.6. The number of piperidine rings is 1. The second-order valence-corrected chi connectivity index (χ2v) is 8.68. The number of amides is 1. The molecule has 184 valence electrons. The van der Waals surface area contributed by atoms with Gasteiger partial charge in [0.25, 0.3) is 5.91 Å². The molecule has 11 nitrogen and oxygen atoms in total. The van der Waals surface area contributed by atoms with Crippen molar-refractivity contribution in [3.63, 3.8) is 0 Å². The number of allylic oxidation sites excluding steroid dienone is 1. The molecule has 0 bridgehead atoms. The van der Waals surface area contributed by atoms with Gasteiger partial charge in [0, 0.05) is 18.7 Å². The van der Waals surface area contributed by atoms with E-state index in [-0.39, 0.29) is 24.5 Å². The van der Waals surface area contributed by atoms with Gasteiger partial charge < -0.3 is 29.8 Å². The predicted octanol–water partition coefficient (Wildman–Crippen LogP) is 3.82. The van der Waals surface area contributed by atoms with E-state index in [0.29, 0.717) is 45.3 Å². The van der Waals surface area contributed by atoms with E-state index < -0.39 is 0 Å². The molecule has 11 heteroatoms. The van der Waals surface area contributed by atoms with Crippen molar-refractivity contribution >= 4 is 28.4 Å². The van der Waals surface area contributed by atoms with E-state index in [1.807, 2.05) is 23.7 Å². The standard InChI is InChI=1S/C25H25N7O4/c1-2-9-31-10-3-5-15(12-31)32-24-19(23(26)27-13-28-24)20(30-32)16-7-8-17(22-21(16)35-14-36-22)29-25(33)18-6-4-11-34-18/h2,4,6-9,11,13,15H,3,5,10,12,14H2,1H3,(H,29,33)(H2,26,27,28)/t15-/m1/s1. The van der Waals surface area contributed by atoms with Gasteiger partial charge in [0.2, 0.25) is 6.79 Å². The van der Waals surface area contributed by atoms with Crippen molar-refractivity contribution in [3.05, 3.63) is 54.9 Å². The Morgan fingerprint density at radius 2 is 2.11 bits per heavy atom. The molecule has 2 aliphatic rings. The Morgan fingerprint density at radius 1 is 1.22 bits per heavy atom. The van der Waals surface area contributed by atoms with Gasteiger partial charge in [-0.05, 0) is 50.2 Å². The summed E-state index contributed by atoms with van der Waals surface area (Å²) in [6, 6.07) is 6.95. The summed E-state index contributed by atoms with van der Waals surface area (Å²) in [5.41, 5.74) is 8.78. The average Bonchev–Trinajstić information content (AvgIpc) is 3.65. The van der Waals surface area contributed by atoms with E-state index in [0.717, 1.165) is 25.9 Å². The first-order valence-electron chi connectivity index (χ1n) is 11.8. The second kappa shape index (κ2) is 8.91. The van der Waals surface area contributed by atoms with Gasteiger partial charge >= 0.3 is 0 Å². The lowest BCUT2D eigenvalue weighted by molar-refractivity contribution is 0.0996. The van der Waals surface area contributed by atoms with Crippen LogP contribution in [0, 0.1) is 0 Å². The topological polar surface area (TPSA) is 134 Å². The first kappa shape index (κ1) is 22.0. The molecule has 3 aromatic heterocycles. The normalized spacial score (nSPS) is 17.2. The summed E-state index contributed by atoms with van der Waals surface area (Å²) in [5, 5.41) is 8.47. The Bertz CT molecular complexity index is 1460. The van der Waals surface area contributed by atoms with E-state index in [2.05, 4.69) is 26.4 Å². The molecule has 0 aliphatic carbocycles. The van der Waals surface area contributed by atoms with Crippen molar-refractivity contribution in [2.45, 2.75) is 25.8 Å². The summed E-state index contributed by atoms with van der Waals surface area (Å²) < 4.78 is 18.7. The summed E-state index contributed by atoms with van der Waals surface area (Å²) >= 11 is 0. The van der Waals surface area contributed by atoms with Crippen LogP contribution < -0.4 is 20.5 Å². The van der Waals surface area contributed by atoms with Crippen LogP contribution in [0.3, 0.4) is 0 Å². The molecule has 1 saturated heterocycles. The maximum Gasteiger partial charge on any atom is 0.291 e. The number of fused-ring (bicyclic) bond motifs is 2. The van der Waals surface area contributed by atoms with E-state index >= 15 is 0 Å². The molecule has 2 aliphatic heterocycles. The van der Waals surface area contributed by atoms with Gasteiger partial charge in [-0.15, -0.1) is 0 Å². The van der Waals surface area contributed by atoms with Crippen molar-refractivity contribution in [3.8, 4) is 22.8 Å². The highest BCUT2D eigenvalue weighted by Crippen LogP contribution is 2.48. The molecule has 0 spiro atoms. The van der Waals surface area contributed by atoms with Crippen LogP contribution in [-0.2, 0) is 0 Å². The minimum Gasteiger partial charge on any atom is -0.459 e. The van der Waals surface area contributed by atoms with Crippen LogP contribution in [0.2, 0.25) is 0 Å². The number of carbonyl (C=O) groups is 1. The molecule has 6 rings (SSSR count). The largest absolute Gasteiger partial charge is 0.459 e. The maximum atomic E-state index is 12.5. The number of nitrogens with two attached hydrogens (primary N) is 1. The van der Waals surface area contributed by atoms with Gasteiger partial charge in [-0.25, -0.2) is 14.6 Å². The Hall–Kier alpha value is -4.54. The minimum absolute atomic E-state index is 0.0154. The first-order chi connectivity index (χ1) is 17.6. The summed E-state index contributed by atoms with van der Waals surface area (Å²) in [7, 11) is 0. The number of nitrogens with one attached hydrogen (secondary N) is 1. The molecule has 36 heavy (non-hydrogen) atoms. The van der Waals surface area contributed by atoms with E-state index in [1.54, 1.807) is 18.2 Å². The SMILES string of the molecule is CC=CN1CCC[C@@H](n2nc(-c3ccc(NC(=O)c4ccco4)c4c3OCO4)c3c(N)ncnc32)C1. The van der Waals surface area contributed by atoms with Gasteiger partial charge in [0.1, 0.15) is 17.8 Å². The van der Waals surface area contributed by atoms with Crippen LogP contribution in [0.1, 0.15) is 36.4 Å². The number of aromatic nitrogens is 4. The van der Waals surface area contributed by atoms with Gasteiger partial charge in [0.05, 0.1) is 23.4 Å². The van der Waals surface area contributed by atoms with Crippen LogP contribution in [0.4, 0.5) is 11.5 Å². The molecule has 0 radical (unpaired) electrons. The predicted molar refractivity (Wildman–Crippen MR) is 133 cm³/mol. The maximum absolute atomic E-state index is 12.5. The van der Waals surface area contributed by atoms with E-state index in [1.165, 1.54) is 12.6 Å². The van der Waals surface area contributed by atoms with Gasteiger partial charge in [-0.1, -0.05) is 6.08 Å². The second-order valence-electron chi connectivity index (χ2n) is 8.68. The molecule has 1 amide bonds. The molecule has 3 N–H and O–H groups in total. The molecule has 1 fully saturated rings. The number of rotatable bonds is 5. The van der Waals surface area contributed by atoms with Crippen molar-refractivity contribution in [2.75, 3.05) is 30.9 Å². The van der Waals surface area contributed by atoms with Crippen LogP contribution in [-0.4, -0.2) is 50.4 Å². The van der Waals surface area contributed by atoms with Crippen molar-refractivity contribution in [1.29, 1.82) is 0 Å². The first-order valence-corrected chi connectivity index (χ1v) is 11.8. The molecule has 5 heterocycles. The molecule has 1 atom stereocenters. The average molecular weight is 488 g/mol. The zero-order valence-electron chi connectivity index (χ0n) is 19.7. The Labute approximate surface area is 206 Å². The number of likely N-dealkylation sites (tertiary alicyclic amines) is 1. The van der Waals surface area contributed by atoms with Gasteiger partial charge in [-0.3, -0.25) is 4.79 Å². The summed E-state index contributed by atoms with van der Waals surface area (Å²) in [6.07, 6.45) is 9.08. The van der Waals surface area contributed by atoms with Crippen LogP contribution in [0.25, 0.3) is 22.3 Å². The highest BCUT2D eigenvalue weighted by Gasteiger charge is 2.30. The lowest BCUT2D eigenvalue weighted by Gasteiger charge is -2.32. The summed E-state index contributed by atoms with van der Waals surface area (Å²) in [6.45, 7) is 3.86. The lowest BCUT2D eigenvalue weighted by Crippen LogP contribution is -2.33. The smallest absolute Gasteiger partial charge is 0.291 e. The minimum atomic E-state index is -0.388. The number of hydrogen-bond donors (Lipinski definition) is 2. The van der Waals surface area contributed by atoms with Crippen LogP contribution >= 0.6 is 0 Å². The Kier molecular flexibility index (Phi) is 5.44. The fraction of sp³-hybridized carbons (Fsp3) is 0.280. The van der Waals surface area contributed by atoms with E-state index in [4.69, 9.17) is 24.7 Å². The molecule has 1 aromatic carbocycles. The number of nitrogens with zero attached hydrogens (tertiary/aromatic N) is 5. The third-order valence-corrected chi connectivity index (χ3v) is 6.42. The highest BCUT2D eigenvalue weighted by molar-refractivity contribution is 6.05. The number of hydrogen-bond acceptors (Lipinski definition) is 9. The van der Waals surface area contributed by atoms with Crippen LogP contribution in [0.5, 0.6) is 11.5 Å². The zero-order valence-corrected chi connectivity index (χ0v) is 19.7. The summed E-state index contributed by atoms with van der Waals surface area (Å²) in [5.74, 6) is 1.04. The van der Waals surface area contributed by atoms with Gasteiger partial charge in [-0.2, -0.15) is 5.10 Å². The number of nitrogen functional groups attached to an aromatic ring is 1. The number of carbonyl (C=O) groups excluding carboxylic acids is 1. The number of benzene rings is 1. The van der Waals surface area contributed by atoms with Crippen molar-refractivity contribution < 1.29 is 18.7 Å². The quantitative estimate of drug-likeness (QED) is 0.431. The van der Waals surface area contributed by atoms with Crippen molar-refractivity contribution in [1.82, 2.24) is 24.6 Å². The number of anilines is 2. The van der Waals surface area contributed by atoms with Crippen molar-refractivity contribution in [2.24, 2.45) is 0 Å². The number of ether oxygens (including phenoxy) is 2. The fourth-order valence-electron chi connectivity index (χ4n) is 4.84. The lowest BCUT2D eigenvalue weighted by atomic mass is 10.1. The fourth-order valence-corrected chi connectivity index (χ4v) is 4.84. The molecular formula is C25H25N7O4. The van der Waals surface area contributed by atoms with Crippen LogP contribution in [0.15, 0.2) is 53.5 Å². The molecule has 4 aromatic rings. The molecule has 0 unspecified atom stereocenters. The third kappa shape index (κ3) is 3.69.